The SMILES string of the molecule is NS(=O)[O-].O=[N+]([O-])c1ccccc1NCC(F)(F)F. The zero-order chi connectivity index (χ0) is 15.1. The summed E-state index contributed by atoms with van der Waals surface area (Å²) in [5.41, 5.74) is -0.512. The Morgan fingerprint density at radius 3 is 2.26 bits per heavy atom. The van der Waals surface area contributed by atoms with Gasteiger partial charge in [0.25, 0.3) is 5.69 Å². The predicted molar refractivity (Wildman–Crippen MR) is 60.7 cm³/mol. The van der Waals surface area contributed by atoms with Gasteiger partial charge in [0.1, 0.15) is 12.2 Å². The maximum atomic E-state index is 11.8. The first-order chi connectivity index (χ1) is 8.63. The molecule has 0 aliphatic carbocycles. The van der Waals surface area contributed by atoms with Crippen molar-refractivity contribution in [2.45, 2.75) is 6.18 Å². The topological polar surface area (TPSA) is 121 Å². The molecule has 1 rings (SSSR count). The lowest BCUT2D eigenvalue weighted by Crippen LogP contribution is -2.21. The van der Waals surface area contributed by atoms with Crippen molar-refractivity contribution in [1.29, 1.82) is 0 Å². The lowest BCUT2D eigenvalue weighted by Gasteiger charge is -2.09. The van der Waals surface area contributed by atoms with Crippen LogP contribution in [0.5, 0.6) is 0 Å². The molecule has 11 heteroatoms. The molecule has 1 unspecified atom stereocenters. The standard InChI is InChI=1S/C8H7F3N2O2.H3NO2S/c9-8(10,11)5-12-6-3-1-2-4-7(6)13(14)15;1-4(2)3/h1-4,12H,5H2;1H2,(H,2,3)/p-1. The number of rotatable bonds is 3. The summed E-state index contributed by atoms with van der Waals surface area (Å²) >= 11 is -2.36. The second kappa shape index (κ2) is 7.66. The highest BCUT2D eigenvalue weighted by molar-refractivity contribution is 7.76. The van der Waals surface area contributed by atoms with Gasteiger partial charge in [0.2, 0.25) is 0 Å². The van der Waals surface area contributed by atoms with Crippen LogP contribution in [0.4, 0.5) is 24.5 Å². The summed E-state index contributed by atoms with van der Waals surface area (Å²) in [6.45, 7) is -1.29. The number of anilines is 1. The number of benzene rings is 1. The Bertz CT molecular complexity index is 451. The highest BCUT2D eigenvalue weighted by atomic mass is 32.2. The summed E-state index contributed by atoms with van der Waals surface area (Å²) < 4.78 is 53.1. The zero-order valence-corrected chi connectivity index (χ0v) is 10.0. The average Bonchev–Trinajstić information content (AvgIpc) is 2.25. The lowest BCUT2D eigenvalue weighted by atomic mass is 10.2. The number of nitro benzene ring substituents is 1. The van der Waals surface area contributed by atoms with E-state index < -0.39 is 28.9 Å². The number of nitrogens with one attached hydrogen (secondary N) is 1. The third kappa shape index (κ3) is 8.93. The van der Waals surface area contributed by atoms with Crippen LogP contribution in [0, 0.1) is 10.1 Å². The summed E-state index contributed by atoms with van der Waals surface area (Å²) in [6, 6.07) is 5.17. The van der Waals surface area contributed by atoms with Gasteiger partial charge in [0.05, 0.1) is 4.92 Å². The molecule has 0 bridgehead atoms. The van der Waals surface area contributed by atoms with Gasteiger partial charge in [0, 0.05) is 17.3 Å². The summed E-state index contributed by atoms with van der Waals surface area (Å²) in [6.07, 6.45) is -4.40. The maximum Gasteiger partial charge on any atom is 0.405 e. The number of nitro groups is 1. The number of halogens is 3. The second-order valence-corrected chi connectivity index (χ2v) is 3.52. The number of hydrogen-bond donors (Lipinski definition) is 2. The summed E-state index contributed by atoms with van der Waals surface area (Å²) in [5.74, 6) is 0. The van der Waals surface area contributed by atoms with E-state index in [-0.39, 0.29) is 11.4 Å². The minimum absolute atomic E-state index is 0.139. The third-order valence-corrected chi connectivity index (χ3v) is 1.58. The van der Waals surface area contributed by atoms with Crippen molar-refractivity contribution in [3.8, 4) is 0 Å². The van der Waals surface area contributed by atoms with Crippen LogP contribution < -0.4 is 10.5 Å². The molecular formula is C8H9F3N3O4S-. The van der Waals surface area contributed by atoms with Gasteiger partial charge in [-0.25, -0.2) is 0 Å². The van der Waals surface area contributed by atoms with E-state index in [2.05, 4.69) is 5.14 Å². The monoisotopic (exact) mass is 300 g/mol. The quantitative estimate of drug-likeness (QED) is 0.495. The van der Waals surface area contributed by atoms with Crippen molar-refractivity contribution in [1.82, 2.24) is 0 Å². The molecular weight excluding hydrogens is 291 g/mol. The first-order valence-corrected chi connectivity index (χ1v) is 5.65. The lowest BCUT2D eigenvalue weighted by molar-refractivity contribution is -0.384. The van der Waals surface area contributed by atoms with Crippen molar-refractivity contribution >= 4 is 22.6 Å². The van der Waals surface area contributed by atoms with E-state index in [0.29, 0.717) is 0 Å². The van der Waals surface area contributed by atoms with E-state index in [9.17, 15) is 23.3 Å². The Labute approximate surface area is 108 Å². The molecule has 0 aromatic heterocycles. The average molecular weight is 300 g/mol. The Morgan fingerprint density at radius 1 is 1.37 bits per heavy atom. The predicted octanol–water partition coefficient (Wildman–Crippen LogP) is 1.31. The Balaban J connectivity index is 0.000000711. The Kier molecular flexibility index (Phi) is 6.96. The van der Waals surface area contributed by atoms with E-state index in [0.717, 1.165) is 6.07 Å². The molecule has 0 aliphatic rings. The molecule has 0 aliphatic heterocycles. The van der Waals surface area contributed by atoms with Gasteiger partial charge in [-0.3, -0.25) is 19.5 Å². The Morgan fingerprint density at radius 2 is 1.84 bits per heavy atom. The molecule has 0 amide bonds. The van der Waals surface area contributed by atoms with Crippen molar-refractivity contribution in [2.75, 3.05) is 11.9 Å². The molecule has 0 saturated heterocycles. The molecule has 7 nitrogen and oxygen atoms in total. The maximum absolute atomic E-state index is 11.8. The summed E-state index contributed by atoms with van der Waals surface area (Å²) in [7, 11) is 0. The van der Waals surface area contributed by atoms with Crippen LogP contribution >= 0.6 is 0 Å². The molecule has 0 radical (unpaired) electrons. The first kappa shape index (κ1) is 17.3. The van der Waals surface area contributed by atoms with Crippen LogP contribution in [0.25, 0.3) is 0 Å². The van der Waals surface area contributed by atoms with Crippen molar-refractivity contribution in [2.24, 2.45) is 5.14 Å². The number of alkyl halides is 3. The first-order valence-electron chi connectivity index (χ1n) is 4.51. The van der Waals surface area contributed by atoms with Crippen LogP contribution in [0.1, 0.15) is 0 Å². The van der Waals surface area contributed by atoms with Crippen LogP contribution in [0.3, 0.4) is 0 Å². The van der Waals surface area contributed by atoms with Gasteiger partial charge in [-0.05, 0) is 6.07 Å². The highest BCUT2D eigenvalue weighted by Crippen LogP contribution is 2.24. The van der Waals surface area contributed by atoms with Gasteiger partial charge in [-0.15, -0.1) is 0 Å². The molecule has 3 N–H and O–H groups in total. The van der Waals surface area contributed by atoms with Crippen molar-refractivity contribution in [3.05, 3.63) is 34.4 Å². The van der Waals surface area contributed by atoms with Crippen LogP contribution in [0.15, 0.2) is 24.3 Å². The Hall–Kier alpha value is -1.72. The van der Waals surface area contributed by atoms with E-state index in [1.165, 1.54) is 18.2 Å². The van der Waals surface area contributed by atoms with Crippen LogP contribution in [-0.4, -0.2) is 26.4 Å². The fraction of sp³-hybridized carbons (Fsp3) is 0.250. The molecule has 0 saturated carbocycles. The van der Waals surface area contributed by atoms with Crippen molar-refractivity contribution in [3.63, 3.8) is 0 Å². The normalized spacial score (nSPS) is 12.1. The van der Waals surface area contributed by atoms with Gasteiger partial charge < -0.3 is 9.87 Å². The van der Waals surface area contributed by atoms with Gasteiger partial charge in [0.15, 0.2) is 0 Å². The number of nitrogens with two attached hydrogens (primary N) is 1. The second-order valence-electron chi connectivity index (χ2n) is 3.00. The largest absolute Gasteiger partial charge is 0.760 e. The minimum atomic E-state index is -4.40. The molecule has 0 fully saturated rings. The molecule has 0 heterocycles. The van der Waals surface area contributed by atoms with E-state index in [1.54, 1.807) is 0 Å². The summed E-state index contributed by atoms with van der Waals surface area (Å²) in [4.78, 5) is 9.69. The molecule has 1 aromatic rings. The molecule has 1 aromatic carbocycles. The number of nitrogens with zero attached hydrogens (tertiary/aromatic N) is 1. The van der Waals surface area contributed by atoms with Crippen molar-refractivity contribution < 1.29 is 26.9 Å². The van der Waals surface area contributed by atoms with E-state index in [4.69, 9.17) is 8.76 Å². The van der Waals surface area contributed by atoms with Gasteiger partial charge in [-0.2, -0.15) is 13.2 Å². The van der Waals surface area contributed by atoms with Crippen LogP contribution in [0.2, 0.25) is 0 Å². The van der Waals surface area contributed by atoms with Crippen LogP contribution in [-0.2, 0) is 11.3 Å². The fourth-order valence-electron chi connectivity index (χ4n) is 0.978. The highest BCUT2D eigenvalue weighted by Gasteiger charge is 2.27. The number of para-hydroxylation sites is 2. The zero-order valence-electron chi connectivity index (χ0n) is 9.22. The number of hydrogen-bond acceptors (Lipinski definition) is 5. The smallest absolute Gasteiger partial charge is 0.405 e. The third-order valence-electron chi connectivity index (χ3n) is 1.58. The minimum Gasteiger partial charge on any atom is -0.760 e. The fourth-order valence-corrected chi connectivity index (χ4v) is 0.978. The van der Waals surface area contributed by atoms with E-state index >= 15 is 0 Å². The molecule has 0 spiro atoms. The molecule has 19 heavy (non-hydrogen) atoms. The molecule has 1 atom stereocenters. The van der Waals surface area contributed by atoms with Gasteiger partial charge in [-0.1, -0.05) is 12.1 Å². The summed E-state index contributed by atoms with van der Waals surface area (Å²) in [5, 5.41) is 16.4. The molecule has 108 valence electrons. The van der Waals surface area contributed by atoms with E-state index in [1.807, 2.05) is 5.32 Å². The van der Waals surface area contributed by atoms with Gasteiger partial charge >= 0.3 is 6.18 Å².